The van der Waals surface area contributed by atoms with Gasteiger partial charge >= 0.3 is 16.3 Å². The molecule has 1 saturated carbocycles. The van der Waals surface area contributed by atoms with E-state index in [-0.39, 0.29) is 18.0 Å². The van der Waals surface area contributed by atoms with Crippen LogP contribution in [0, 0.1) is 0 Å². The summed E-state index contributed by atoms with van der Waals surface area (Å²) in [4.78, 5) is 11.0. The average Bonchev–Trinajstić information content (AvgIpc) is 2.20. The SMILES string of the molecule is CCOC(=O)NS(=O)(=O)NC1CCCCC1Cl. The molecule has 8 heteroatoms. The van der Waals surface area contributed by atoms with Gasteiger partial charge in [0.25, 0.3) is 0 Å². The Morgan fingerprint density at radius 1 is 1.41 bits per heavy atom. The number of rotatable bonds is 4. The summed E-state index contributed by atoms with van der Waals surface area (Å²) in [5.74, 6) is 0. The van der Waals surface area contributed by atoms with Crippen molar-refractivity contribution < 1.29 is 17.9 Å². The Kier molecular flexibility index (Phi) is 5.48. The number of halogens is 1. The molecule has 17 heavy (non-hydrogen) atoms. The van der Waals surface area contributed by atoms with E-state index in [0.29, 0.717) is 6.42 Å². The number of hydrogen-bond donors (Lipinski definition) is 2. The molecule has 1 aliphatic carbocycles. The van der Waals surface area contributed by atoms with Gasteiger partial charge in [-0.3, -0.25) is 0 Å². The van der Waals surface area contributed by atoms with E-state index in [2.05, 4.69) is 9.46 Å². The van der Waals surface area contributed by atoms with E-state index in [1.165, 1.54) is 0 Å². The Balaban J connectivity index is 2.50. The number of carbonyl (C=O) groups is 1. The largest absolute Gasteiger partial charge is 0.449 e. The molecule has 2 atom stereocenters. The van der Waals surface area contributed by atoms with E-state index in [1.54, 1.807) is 11.6 Å². The van der Waals surface area contributed by atoms with Crippen LogP contribution in [0.25, 0.3) is 0 Å². The van der Waals surface area contributed by atoms with E-state index in [0.717, 1.165) is 19.3 Å². The van der Waals surface area contributed by atoms with Crippen molar-refractivity contribution in [3.05, 3.63) is 0 Å². The van der Waals surface area contributed by atoms with Crippen LogP contribution in [-0.4, -0.2) is 32.5 Å². The predicted octanol–water partition coefficient (Wildman–Crippen LogP) is 1.12. The lowest BCUT2D eigenvalue weighted by atomic mass is 9.96. The molecule has 0 bridgehead atoms. The number of hydrogen-bond acceptors (Lipinski definition) is 4. The highest BCUT2D eigenvalue weighted by atomic mass is 35.5. The highest BCUT2D eigenvalue weighted by molar-refractivity contribution is 7.88. The minimum Gasteiger partial charge on any atom is -0.449 e. The second-order valence-electron chi connectivity index (χ2n) is 3.85. The van der Waals surface area contributed by atoms with Crippen LogP contribution in [0.3, 0.4) is 0 Å². The van der Waals surface area contributed by atoms with E-state index in [9.17, 15) is 13.2 Å². The number of amides is 1. The number of ether oxygens (including phenoxy) is 1. The molecule has 2 N–H and O–H groups in total. The second-order valence-corrected chi connectivity index (χ2v) is 5.86. The summed E-state index contributed by atoms with van der Waals surface area (Å²) in [5, 5.41) is -0.234. The Morgan fingerprint density at radius 2 is 2.06 bits per heavy atom. The molecule has 0 aromatic carbocycles. The van der Waals surface area contributed by atoms with Gasteiger partial charge in [-0.2, -0.15) is 13.1 Å². The number of alkyl halides is 1. The van der Waals surface area contributed by atoms with Gasteiger partial charge in [-0.05, 0) is 19.8 Å². The van der Waals surface area contributed by atoms with Gasteiger partial charge in [0.15, 0.2) is 0 Å². The minimum absolute atomic E-state index is 0.114. The topological polar surface area (TPSA) is 84.5 Å². The molecule has 1 amide bonds. The second kappa shape index (κ2) is 6.42. The third-order valence-corrected chi connectivity index (χ3v) is 4.05. The fraction of sp³-hybridized carbons (Fsp3) is 0.889. The molecule has 1 aliphatic rings. The zero-order valence-electron chi connectivity index (χ0n) is 9.61. The smallest absolute Gasteiger partial charge is 0.421 e. The maximum Gasteiger partial charge on any atom is 0.421 e. The van der Waals surface area contributed by atoms with Crippen LogP contribution in [-0.2, 0) is 14.9 Å². The maximum absolute atomic E-state index is 11.5. The van der Waals surface area contributed by atoms with Crippen molar-refractivity contribution in [1.29, 1.82) is 0 Å². The summed E-state index contributed by atoms with van der Waals surface area (Å²) in [6, 6.07) is -0.336. The van der Waals surface area contributed by atoms with Crippen molar-refractivity contribution >= 4 is 27.9 Å². The summed E-state index contributed by atoms with van der Waals surface area (Å²) in [7, 11) is -3.89. The molecule has 6 nitrogen and oxygen atoms in total. The normalized spacial score (nSPS) is 25.3. The molecule has 100 valence electrons. The van der Waals surface area contributed by atoms with Crippen molar-refractivity contribution in [1.82, 2.24) is 9.44 Å². The Morgan fingerprint density at radius 3 is 2.65 bits per heavy atom. The summed E-state index contributed by atoms with van der Waals surface area (Å²) in [6.07, 6.45) is 2.39. The quantitative estimate of drug-likeness (QED) is 0.758. The first kappa shape index (κ1) is 14.5. The van der Waals surface area contributed by atoms with Gasteiger partial charge in [0.2, 0.25) is 0 Å². The first-order valence-electron chi connectivity index (χ1n) is 5.55. The van der Waals surface area contributed by atoms with E-state index < -0.39 is 16.3 Å². The van der Waals surface area contributed by atoms with E-state index in [1.807, 2.05) is 0 Å². The summed E-state index contributed by atoms with van der Waals surface area (Å²) < 4.78 is 31.7. The third-order valence-electron chi connectivity index (χ3n) is 2.48. The van der Waals surface area contributed by atoms with Crippen LogP contribution in [0.15, 0.2) is 0 Å². The lowest BCUT2D eigenvalue weighted by Gasteiger charge is -2.27. The van der Waals surface area contributed by atoms with Gasteiger partial charge in [0, 0.05) is 6.04 Å². The fourth-order valence-electron chi connectivity index (χ4n) is 1.72. The van der Waals surface area contributed by atoms with Crippen LogP contribution in [0.5, 0.6) is 0 Å². The van der Waals surface area contributed by atoms with Crippen LogP contribution < -0.4 is 9.44 Å². The maximum atomic E-state index is 11.5. The average molecular weight is 285 g/mol. The van der Waals surface area contributed by atoms with Crippen molar-refractivity contribution in [2.24, 2.45) is 0 Å². The lowest BCUT2D eigenvalue weighted by Crippen LogP contribution is -2.49. The third kappa shape index (κ3) is 5.10. The highest BCUT2D eigenvalue weighted by Crippen LogP contribution is 2.23. The monoisotopic (exact) mass is 284 g/mol. The Bertz CT molecular complexity index is 360. The zero-order chi connectivity index (χ0) is 12.9. The molecule has 0 spiro atoms. The summed E-state index contributed by atoms with van der Waals surface area (Å²) in [6.45, 7) is 1.71. The first-order chi connectivity index (χ1) is 7.94. The van der Waals surface area contributed by atoms with Gasteiger partial charge in [0.05, 0.1) is 12.0 Å². The predicted molar refractivity (Wildman–Crippen MR) is 64.1 cm³/mol. The molecule has 2 unspecified atom stereocenters. The Hall–Kier alpha value is -0.530. The molecule has 0 aromatic heterocycles. The molecule has 1 fully saturated rings. The van der Waals surface area contributed by atoms with Crippen LogP contribution in [0.1, 0.15) is 32.6 Å². The summed E-state index contributed by atoms with van der Waals surface area (Å²) >= 11 is 6.02. The zero-order valence-corrected chi connectivity index (χ0v) is 11.2. The number of nitrogens with one attached hydrogen (secondary N) is 2. The lowest BCUT2D eigenvalue weighted by molar-refractivity contribution is 0.158. The van der Waals surface area contributed by atoms with Gasteiger partial charge in [-0.1, -0.05) is 12.8 Å². The molecule has 0 radical (unpaired) electrons. The standard InChI is InChI=1S/C9H17ClN2O4S/c1-2-16-9(13)12-17(14,15)11-8-6-4-3-5-7(8)10/h7-8,11H,2-6H2,1H3,(H,12,13). The molecular formula is C9H17ClN2O4S. The molecular weight excluding hydrogens is 268 g/mol. The van der Waals surface area contributed by atoms with Crippen LogP contribution in [0.2, 0.25) is 0 Å². The fourth-order valence-corrected chi connectivity index (χ4v) is 3.15. The van der Waals surface area contributed by atoms with Crippen LogP contribution in [0.4, 0.5) is 4.79 Å². The molecule has 0 heterocycles. The van der Waals surface area contributed by atoms with Crippen LogP contribution >= 0.6 is 11.6 Å². The van der Waals surface area contributed by atoms with E-state index >= 15 is 0 Å². The van der Waals surface area contributed by atoms with E-state index in [4.69, 9.17) is 11.6 Å². The molecule has 0 aliphatic heterocycles. The van der Waals surface area contributed by atoms with Crippen molar-refractivity contribution in [3.8, 4) is 0 Å². The molecule has 0 aromatic rings. The number of carbonyl (C=O) groups excluding carboxylic acids is 1. The van der Waals surface area contributed by atoms with Crippen molar-refractivity contribution in [2.45, 2.75) is 44.0 Å². The summed E-state index contributed by atoms with van der Waals surface area (Å²) in [5.41, 5.74) is 0. The van der Waals surface area contributed by atoms with Gasteiger partial charge in [-0.25, -0.2) is 9.52 Å². The van der Waals surface area contributed by atoms with Gasteiger partial charge in [-0.15, -0.1) is 11.6 Å². The first-order valence-corrected chi connectivity index (χ1v) is 7.47. The van der Waals surface area contributed by atoms with Crippen molar-refractivity contribution in [2.75, 3.05) is 6.61 Å². The molecule has 1 rings (SSSR count). The van der Waals surface area contributed by atoms with Gasteiger partial charge in [0.1, 0.15) is 0 Å². The minimum atomic E-state index is -3.89. The van der Waals surface area contributed by atoms with Gasteiger partial charge < -0.3 is 4.74 Å². The Labute approximate surface area is 106 Å². The van der Waals surface area contributed by atoms with Crippen molar-refractivity contribution in [3.63, 3.8) is 0 Å². The molecule has 0 saturated heterocycles. The highest BCUT2D eigenvalue weighted by Gasteiger charge is 2.28.